The van der Waals surface area contributed by atoms with Gasteiger partial charge in [0.25, 0.3) is 0 Å². The first kappa shape index (κ1) is 32.9. The Morgan fingerprint density at radius 1 is 0.848 bits per heavy atom. The van der Waals surface area contributed by atoms with E-state index >= 15 is 0 Å². The summed E-state index contributed by atoms with van der Waals surface area (Å²) < 4.78 is 33.1. The van der Waals surface area contributed by atoms with Crippen LogP contribution in [0.5, 0.6) is 0 Å². The molecule has 0 radical (unpaired) electrons. The summed E-state index contributed by atoms with van der Waals surface area (Å²) in [6, 6.07) is 37.8. The van der Waals surface area contributed by atoms with E-state index in [1.165, 1.54) is 0 Å². The van der Waals surface area contributed by atoms with Crippen molar-refractivity contribution in [2.24, 2.45) is 0 Å². The maximum absolute atomic E-state index is 12.8. The second-order valence-electron chi connectivity index (χ2n) is 11.0. The Labute approximate surface area is 274 Å². The number of halogens is 1. The fourth-order valence-electron chi connectivity index (χ4n) is 5.79. The lowest BCUT2D eigenvalue weighted by Crippen LogP contribution is -2.35. The van der Waals surface area contributed by atoms with Crippen LogP contribution < -0.4 is 4.72 Å². The average molecular weight is 658 g/mol. The third-order valence-electron chi connectivity index (χ3n) is 7.89. The van der Waals surface area contributed by atoms with Gasteiger partial charge < -0.3 is 14.8 Å². The number of carboxylic acid groups (broad SMARTS) is 1. The molecule has 8 nitrogen and oxygen atoms in total. The highest BCUT2D eigenvalue weighted by Crippen LogP contribution is 2.43. The van der Waals surface area contributed by atoms with Crippen molar-refractivity contribution < 1.29 is 23.1 Å². The number of aromatic nitrogens is 2. The van der Waals surface area contributed by atoms with Gasteiger partial charge in [-0.25, -0.2) is 22.9 Å². The lowest BCUT2D eigenvalue weighted by Gasteiger charge is -2.34. The Hall–Kier alpha value is -4.44. The Morgan fingerprint density at radius 2 is 1.39 bits per heavy atom. The van der Waals surface area contributed by atoms with Crippen LogP contribution in [0.15, 0.2) is 121 Å². The zero-order valence-electron chi connectivity index (χ0n) is 25.2. The van der Waals surface area contributed by atoms with Gasteiger partial charge in [0.2, 0.25) is 10.0 Å². The molecule has 0 bridgehead atoms. The van der Waals surface area contributed by atoms with Crippen LogP contribution >= 0.6 is 11.6 Å². The van der Waals surface area contributed by atoms with Crippen LogP contribution in [0.3, 0.4) is 0 Å². The van der Waals surface area contributed by atoms with Gasteiger partial charge in [-0.1, -0.05) is 115 Å². The molecule has 3 N–H and O–H groups in total. The molecular formula is C36H36ClN3O5S. The highest BCUT2D eigenvalue weighted by atomic mass is 35.5. The van der Waals surface area contributed by atoms with E-state index in [1.54, 1.807) is 12.1 Å². The summed E-state index contributed by atoms with van der Waals surface area (Å²) in [4.78, 5) is 19.9. The summed E-state index contributed by atoms with van der Waals surface area (Å²) in [5.74, 6) is 0.280. The van der Waals surface area contributed by atoms with E-state index in [9.17, 15) is 18.3 Å². The molecule has 5 rings (SSSR count). The number of ether oxygens (including phenoxy) is 1. The molecule has 5 aromatic rings. The number of H-pyrrole nitrogens is 1. The van der Waals surface area contributed by atoms with E-state index in [4.69, 9.17) is 21.3 Å². The monoisotopic (exact) mass is 657 g/mol. The van der Waals surface area contributed by atoms with Gasteiger partial charge in [0.05, 0.1) is 5.69 Å². The highest BCUT2D eigenvalue weighted by Gasteiger charge is 2.41. The Kier molecular flexibility index (Phi) is 10.9. The zero-order chi connectivity index (χ0) is 32.4. The van der Waals surface area contributed by atoms with Gasteiger partial charge in [-0.2, -0.15) is 0 Å². The largest absolute Gasteiger partial charge is 0.506 e. The number of hydrogen-bond acceptors (Lipinski definition) is 5. The molecule has 10 heteroatoms. The first-order valence-corrected chi connectivity index (χ1v) is 17.1. The molecule has 0 saturated carbocycles. The molecule has 0 saturated heterocycles. The number of nitrogens with one attached hydrogen (secondary N) is 2. The van der Waals surface area contributed by atoms with Crippen molar-refractivity contribution in [3.05, 3.63) is 160 Å². The van der Waals surface area contributed by atoms with E-state index in [2.05, 4.69) is 46.1 Å². The number of nitrogens with zero attached hydrogens (tertiary/aromatic N) is 1. The summed E-state index contributed by atoms with van der Waals surface area (Å²) in [6.07, 6.45) is 0.974. The van der Waals surface area contributed by atoms with Crippen LogP contribution in [0.1, 0.15) is 46.6 Å². The van der Waals surface area contributed by atoms with E-state index < -0.39 is 33.5 Å². The minimum atomic E-state index is -3.79. The van der Waals surface area contributed by atoms with E-state index in [-0.39, 0.29) is 13.0 Å². The predicted octanol–water partition coefficient (Wildman–Crippen LogP) is 6.99. The van der Waals surface area contributed by atoms with E-state index in [0.29, 0.717) is 24.3 Å². The van der Waals surface area contributed by atoms with Gasteiger partial charge in [0.15, 0.2) is 0 Å². The Morgan fingerprint density at radius 3 is 1.91 bits per heavy atom. The SMILES string of the molecule is O=C(O)OC(CCCc1c[nH]c(C(c2ccccc2)(c2ccccc2)c2ccccc2)n1)CS(=O)(=O)NCCc1ccc(Cl)cc1. The van der Waals surface area contributed by atoms with Crippen LogP contribution in [0.25, 0.3) is 0 Å². The van der Waals surface area contributed by atoms with Crippen molar-refractivity contribution in [3.63, 3.8) is 0 Å². The lowest BCUT2D eigenvalue weighted by atomic mass is 9.69. The highest BCUT2D eigenvalue weighted by molar-refractivity contribution is 7.89. The van der Waals surface area contributed by atoms with Gasteiger partial charge in [-0.15, -0.1) is 0 Å². The minimum absolute atomic E-state index is 0.172. The zero-order valence-corrected chi connectivity index (χ0v) is 26.8. The quantitative estimate of drug-likeness (QED) is 0.0824. The molecule has 238 valence electrons. The number of rotatable bonds is 15. The van der Waals surface area contributed by atoms with Crippen LogP contribution in [0, 0.1) is 0 Å². The summed E-state index contributed by atoms with van der Waals surface area (Å²) in [6.45, 7) is 0.172. The average Bonchev–Trinajstić information content (AvgIpc) is 3.52. The summed E-state index contributed by atoms with van der Waals surface area (Å²) in [7, 11) is -3.79. The number of hydrogen-bond donors (Lipinski definition) is 3. The number of carbonyl (C=O) groups is 1. The van der Waals surface area contributed by atoms with Crippen molar-refractivity contribution >= 4 is 27.8 Å². The Balaban J connectivity index is 1.31. The number of benzene rings is 4. The molecule has 0 fully saturated rings. The van der Waals surface area contributed by atoms with Gasteiger partial charge in [0.1, 0.15) is 23.1 Å². The van der Waals surface area contributed by atoms with Crippen LogP contribution in [-0.2, 0) is 33.0 Å². The molecule has 0 aliphatic rings. The normalized spacial score (nSPS) is 12.5. The molecule has 1 unspecified atom stereocenters. The molecule has 0 aliphatic carbocycles. The molecular weight excluding hydrogens is 622 g/mol. The number of aromatic amines is 1. The molecule has 0 amide bonds. The lowest BCUT2D eigenvalue weighted by molar-refractivity contribution is 0.0562. The topological polar surface area (TPSA) is 121 Å². The third-order valence-corrected chi connectivity index (χ3v) is 9.59. The molecule has 46 heavy (non-hydrogen) atoms. The third kappa shape index (κ3) is 8.23. The number of imidazole rings is 1. The summed E-state index contributed by atoms with van der Waals surface area (Å²) >= 11 is 5.92. The van der Waals surface area contributed by atoms with Gasteiger partial charge in [-0.05, 0) is 60.1 Å². The maximum Gasteiger partial charge on any atom is 0.506 e. The molecule has 0 aliphatic heterocycles. The second kappa shape index (κ2) is 15.2. The molecule has 1 atom stereocenters. The van der Waals surface area contributed by atoms with Crippen molar-refractivity contribution in [1.82, 2.24) is 14.7 Å². The van der Waals surface area contributed by atoms with Crippen molar-refractivity contribution in [2.75, 3.05) is 12.3 Å². The van der Waals surface area contributed by atoms with Crippen molar-refractivity contribution in [1.29, 1.82) is 0 Å². The number of aryl methyl sites for hydroxylation is 1. The van der Waals surface area contributed by atoms with E-state index in [1.807, 2.05) is 72.9 Å². The van der Waals surface area contributed by atoms with Gasteiger partial charge in [-0.3, -0.25) is 0 Å². The molecule has 0 spiro atoms. The standard InChI is InChI=1S/C36H36ClN3O5S/c37-31-21-19-27(20-22-31)23-24-39-46(43,44)26-33(45-35(41)42)18-10-17-32-25-38-34(40-32)36(28-11-4-1-5-12-28,29-13-6-2-7-14-29)30-15-8-3-9-16-30/h1-9,11-16,19-22,25,33,39H,10,17-18,23-24,26H2,(H,38,40)(H,41,42). The molecule has 1 aromatic heterocycles. The first-order valence-electron chi connectivity index (χ1n) is 15.1. The van der Waals surface area contributed by atoms with E-state index in [0.717, 1.165) is 33.8 Å². The summed E-state index contributed by atoms with van der Waals surface area (Å²) in [5.41, 5.74) is 4.15. The van der Waals surface area contributed by atoms with Crippen LogP contribution in [-0.4, -0.2) is 48.0 Å². The van der Waals surface area contributed by atoms with Crippen molar-refractivity contribution in [2.45, 2.75) is 37.2 Å². The fraction of sp³-hybridized carbons (Fsp3) is 0.222. The minimum Gasteiger partial charge on any atom is -0.450 e. The second-order valence-corrected chi connectivity index (χ2v) is 13.3. The van der Waals surface area contributed by atoms with Crippen LogP contribution in [0.2, 0.25) is 5.02 Å². The summed E-state index contributed by atoms with van der Waals surface area (Å²) in [5, 5.41) is 9.90. The fourth-order valence-corrected chi connectivity index (χ4v) is 7.17. The first-order chi connectivity index (χ1) is 22.3. The molecule has 4 aromatic carbocycles. The smallest absolute Gasteiger partial charge is 0.450 e. The predicted molar refractivity (Wildman–Crippen MR) is 180 cm³/mol. The Bertz CT molecular complexity index is 1700. The van der Waals surface area contributed by atoms with Gasteiger partial charge >= 0.3 is 6.16 Å². The van der Waals surface area contributed by atoms with Crippen molar-refractivity contribution in [3.8, 4) is 0 Å². The maximum atomic E-state index is 12.8. The van der Waals surface area contributed by atoms with Crippen LogP contribution in [0.4, 0.5) is 4.79 Å². The molecule has 1 heterocycles. The number of sulfonamides is 1. The van der Waals surface area contributed by atoms with Gasteiger partial charge in [0, 0.05) is 17.8 Å².